The molecule has 1 heterocycles. The molecule has 1 nitrogen and oxygen atoms in total. The summed E-state index contributed by atoms with van der Waals surface area (Å²) in [4.78, 5) is 1.38. The van der Waals surface area contributed by atoms with Crippen LogP contribution < -0.4 is 5.73 Å². The summed E-state index contributed by atoms with van der Waals surface area (Å²) < 4.78 is 0. The van der Waals surface area contributed by atoms with Crippen molar-refractivity contribution in [3.63, 3.8) is 0 Å². The lowest BCUT2D eigenvalue weighted by Gasteiger charge is -2.34. The average molecular weight is 223 g/mol. The molecule has 2 rings (SSSR count). The standard InChI is InChI=1S/C13H21NS/c1-2-10-6-3-4-7-11(10)13(14)12-8-5-9-15-12/h5,8-11,13H,2-4,6-7,14H2,1H3. The van der Waals surface area contributed by atoms with Crippen LogP contribution in [0.5, 0.6) is 0 Å². The fourth-order valence-electron chi connectivity index (χ4n) is 2.91. The minimum Gasteiger partial charge on any atom is -0.323 e. The molecule has 1 aliphatic rings. The van der Waals surface area contributed by atoms with Gasteiger partial charge in [-0.1, -0.05) is 38.7 Å². The molecular formula is C13H21NS. The Kier molecular flexibility index (Phi) is 3.81. The van der Waals surface area contributed by atoms with Gasteiger partial charge in [-0.15, -0.1) is 11.3 Å². The molecule has 2 heteroatoms. The van der Waals surface area contributed by atoms with Gasteiger partial charge in [0.1, 0.15) is 0 Å². The van der Waals surface area contributed by atoms with Gasteiger partial charge < -0.3 is 5.73 Å². The third kappa shape index (κ3) is 2.43. The first-order valence-corrected chi connectivity index (χ1v) is 7.00. The van der Waals surface area contributed by atoms with Crippen molar-refractivity contribution in [2.45, 2.75) is 45.1 Å². The predicted molar refractivity (Wildman–Crippen MR) is 67.0 cm³/mol. The summed E-state index contributed by atoms with van der Waals surface area (Å²) >= 11 is 1.81. The lowest BCUT2D eigenvalue weighted by Crippen LogP contribution is -2.29. The SMILES string of the molecule is CCC1CCCCC1C(N)c1cccs1. The molecule has 1 saturated carbocycles. The summed E-state index contributed by atoms with van der Waals surface area (Å²) in [6.45, 7) is 2.31. The van der Waals surface area contributed by atoms with Gasteiger partial charge in [0.05, 0.1) is 0 Å². The molecule has 0 aromatic carbocycles. The summed E-state index contributed by atoms with van der Waals surface area (Å²) in [7, 11) is 0. The van der Waals surface area contributed by atoms with E-state index in [4.69, 9.17) is 5.73 Å². The molecule has 0 radical (unpaired) electrons. The molecule has 1 aliphatic carbocycles. The Morgan fingerprint density at radius 3 is 2.93 bits per heavy atom. The third-order valence-electron chi connectivity index (χ3n) is 3.83. The van der Waals surface area contributed by atoms with Gasteiger partial charge in [-0.3, -0.25) is 0 Å². The third-order valence-corrected chi connectivity index (χ3v) is 4.80. The van der Waals surface area contributed by atoms with E-state index in [0.717, 1.165) is 11.8 Å². The van der Waals surface area contributed by atoms with Gasteiger partial charge in [-0.25, -0.2) is 0 Å². The molecule has 1 aromatic heterocycles. The van der Waals surface area contributed by atoms with E-state index in [2.05, 4.69) is 24.4 Å². The number of hydrogen-bond donors (Lipinski definition) is 1. The molecule has 3 atom stereocenters. The second kappa shape index (κ2) is 5.13. The van der Waals surface area contributed by atoms with Gasteiger partial charge in [-0.05, 0) is 29.7 Å². The summed E-state index contributed by atoms with van der Waals surface area (Å²) in [6.07, 6.45) is 6.80. The molecule has 15 heavy (non-hydrogen) atoms. The molecular weight excluding hydrogens is 202 g/mol. The maximum Gasteiger partial charge on any atom is 0.0421 e. The molecule has 84 valence electrons. The van der Waals surface area contributed by atoms with E-state index in [-0.39, 0.29) is 6.04 Å². The van der Waals surface area contributed by atoms with Crippen molar-refractivity contribution in [1.82, 2.24) is 0 Å². The fourth-order valence-corrected chi connectivity index (χ4v) is 3.71. The van der Waals surface area contributed by atoms with Crippen LogP contribution in [-0.2, 0) is 0 Å². The van der Waals surface area contributed by atoms with Crippen LogP contribution >= 0.6 is 11.3 Å². The molecule has 1 aromatic rings. The minimum atomic E-state index is 0.287. The second-order valence-electron chi connectivity index (χ2n) is 4.66. The molecule has 0 aliphatic heterocycles. The van der Waals surface area contributed by atoms with Gasteiger partial charge in [-0.2, -0.15) is 0 Å². The summed E-state index contributed by atoms with van der Waals surface area (Å²) in [5.41, 5.74) is 6.39. The topological polar surface area (TPSA) is 26.0 Å². The Labute approximate surface area is 96.7 Å². The average Bonchev–Trinajstić information content (AvgIpc) is 2.81. The molecule has 0 bridgehead atoms. The summed E-state index contributed by atoms with van der Waals surface area (Å²) in [5.74, 6) is 1.58. The van der Waals surface area contributed by atoms with E-state index >= 15 is 0 Å². The van der Waals surface area contributed by atoms with E-state index in [1.54, 1.807) is 0 Å². The number of rotatable bonds is 3. The van der Waals surface area contributed by atoms with Gasteiger partial charge in [0, 0.05) is 10.9 Å². The number of thiophene rings is 1. The van der Waals surface area contributed by atoms with Gasteiger partial charge >= 0.3 is 0 Å². The van der Waals surface area contributed by atoms with Crippen LogP contribution in [0.25, 0.3) is 0 Å². The van der Waals surface area contributed by atoms with Gasteiger partial charge in [0.25, 0.3) is 0 Å². The Balaban J connectivity index is 2.07. The quantitative estimate of drug-likeness (QED) is 0.824. The number of hydrogen-bond acceptors (Lipinski definition) is 2. The highest BCUT2D eigenvalue weighted by Crippen LogP contribution is 2.39. The van der Waals surface area contributed by atoms with Crippen LogP contribution in [0.1, 0.15) is 49.9 Å². The lowest BCUT2D eigenvalue weighted by atomic mass is 9.74. The Bertz CT molecular complexity index is 281. The largest absolute Gasteiger partial charge is 0.323 e. The highest BCUT2D eigenvalue weighted by atomic mass is 32.1. The molecule has 3 unspecified atom stereocenters. The van der Waals surface area contributed by atoms with Crippen molar-refractivity contribution in [2.24, 2.45) is 17.6 Å². The zero-order chi connectivity index (χ0) is 10.7. The highest BCUT2D eigenvalue weighted by Gasteiger charge is 2.29. The first kappa shape index (κ1) is 11.2. The number of nitrogens with two attached hydrogens (primary N) is 1. The predicted octanol–water partition coefficient (Wildman–Crippen LogP) is 3.96. The van der Waals surface area contributed by atoms with E-state index in [1.165, 1.54) is 37.0 Å². The molecule has 1 fully saturated rings. The fraction of sp³-hybridized carbons (Fsp3) is 0.692. The maximum atomic E-state index is 6.39. The zero-order valence-electron chi connectivity index (χ0n) is 9.49. The minimum absolute atomic E-state index is 0.287. The van der Waals surface area contributed by atoms with Crippen LogP contribution in [0.15, 0.2) is 17.5 Å². The lowest BCUT2D eigenvalue weighted by molar-refractivity contribution is 0.198. The van der Waals surface area contributed by atoms with Crippen LogP contribution in [0, 0.1) is 11.8 Å². The van der Waals surface area contributed by atoms with Crippen molar-refractivity contribution in [3.05, 3.63) is 22.4 Å². The van der Waals surface area contributed by atoms with Gasteiger partial charge in [0.15, 0.2) is 0 Å². The van der Waals surface area contributed by atoms with Crippen molar-refractivity contribution in [3.8, 4) is 0 Å². The molecule has 0 spiro atoms. The first-order chi connectivity index (χ1) is 7.33. The Hall–Kier alpha value is -0.340. The molecule has 0 saturated heterocycles. The van der Waals surface area contributed by atoms with Crippen LogP contribution in [0.2, 0.25) is 0 Å². The second-order valence-corrected chi connectivity index (χ2v) is 5.64. The van der Waals surface area contributed by atoms with E-state index in [1.807, 2.05) is 11.3 Å². The van der Waals surface area contributed by atoms with Crippen molar-refractivity contribution < 1.29 is 0 Å². The van der Waals surface area contributed by atoms with Crippen LogP contribution in [0.4, 0.5) is 0 Å². The smallest absolute Gasteiger partial charge is 0.0421 e. The molecule has 2 N–H and O–H groups in total. The van der Waals surface area contributed by atoms with E-state index < -0.39 is 0 Å². The Morgan fingerprint density at radius 2 is 2.27 bits per heavy atom. The zero-order valence-corrected chi connectivity index (χ0v) is 10.3. The van der Waals surface area contributed by atoms with Gasteiger partial charge in [0.2, 0.25) is 0 Å². The van der Waals surface area contributed by atoms with E-state index in [0.29, 0.717) is 0 Å². The molecule has 0 amide bonds. The van der Waals surface area contributed by atoms with Crippen molar-refractivity contribution in [1.29, 1.82) is 0 Å². The monoisotopic (exact) mass is 223 g/mol. The Morgan fingerprint density at radius 1 is 1.47 bits per heavy atom. The maximum absolute atomic E-state index is 6.39. The summed E-state index contributed by atoms with van der Waals surface area (Å²) in [6, 6.07) is 4.59. The van der Waals surface area contributed by atoms with E-state index in [9.17, 15) is 0 Å². The highest BCUT2D eigenvalue weighted by molar-refractivity contribution is 7.10. The first-order valence-electron chi connectivity index (χ1n) is 6.12. The van der Waals surface area contributed by atoms with Crippen molar-refractivity contribution in [2.75, 3.05) is 0 Å². The normalized spacial score (nSPS) is 28.9. The van der Waals surface area contributed by atoms with Crippen LogP contribution in [-0.4, -0.2) is 0 Å². The summed E-state index contributed by atoms with van der Waals surface area (Å²) in [5, 5.41) is 2.14. The van der Waals surface area contributed by atoms with Crippen molar-refractivity contribution >= 4 is 11.3 Å². The van der Waals surface area contributed by atoms with Crippen LogP contribution in [0.3, 0.4) is 0 Å².